The molecule has 0 aliphatic carbocycles. The number of benzene rings is 1. The molecule has 0 aromatic heterocycles. The first kappa shape index (κ1) is 14.4. The maximum absolute atomic E-state index is 13.2. The Morgan fingerprint density at radius 2 is 1.89 bits per heavy atom. The molecule has 1 aromatic rings. The molecule has 0 saturated heterocycles. The molecule has 7 heteroatoms. The summed E-state index contributed by atoms with van der Waals surface area (Å²) >= 11 is 0. The molecule has 2 nitrogen and oxygen atoms in total. The minimum absolute atomic E-state index is 0.361. The second-order valence-corrected chi connectivity index (χ2v) is 3.78. The third-order valence-electron chi connectivity index (χ3n) is 2.37. The van der Waals surface area contributed by atoms with Gasteiger partial charge in [0.25, 0.3) is 0 Å². The summed E-state index contributed by atoms with van der Waals surface area (Å²) in [5.74, 6) is -5.84. The van der Waals surface area contributed by atoms with E-state index in [1.165, 1.54) is 0 Å². The Labute approximate surface area is 99.0 Å². The van der Waals surface area contributed by atoms with Crippen LogP contribution in [0, 0.1) is 17.6 Å². The number of hydrogen-bond donors (Lipinski definition) is 1. The first-order valence-corrected chi connectivity index (χ1v) is 4.92. The smallest absolute Gasteiger partial charge is 0.392 e. The van der Waals surface area contributed by atoms with Gasteiger partial charge in [-0.05, 0) is 18.1 Å². The number of hydrogen-bond acceptors (Lipinski definition) is 1. The van der Waals surface area contributed by atoms with E-state index < -0.39 is 42.5 Å². The Morgan fingerprint density at radius 1 is 1.28 bits per heavy atom. The number of rotatable bonds is 4. The minimum atomic E-state index is -4.75. The highest BCUT2D eigenvalue weighted by molar-refractivity contribution is 5.67. The zero-order chi connectivity index (χ0) is 13.9. The molecule has 18 heavy (non-hydrogen) atoms. The lowest BCUT2D eigenvalue weighted by Gasteiger charge is -2.18. The molecule has 1 rings (SSSR count). The van der Waals surface area contributed by atoms with Gasteiger partial charge in [-0.15, -0.1) is 0 Å². The summed E-state index contributed by atoms with van der Waals surface area (Å²) in [7, 11) is 0. The van der Waals surface area contributed by atoms with Crippen molar-refractivity contribution in [2.45, 2.75) is 19.0 Å². The van der Waals surface area contributed by atoms with Crippen molar-refractivity contribution in [1.82, 2.24) is 0 Å². The Bertz CT molecular complexity index is 442. The van der Waals surface area contributed by atoms with E-state index in [1.807, 2.05) is 0 Å². The van der Waals surface area contributed by atoms with Crippen LogP contribution in [0.4, 0.5) is 22.0 Å². The first-order valence-electron chi connectivity index (χ1n) is 4.92. The van der Waals surface area contributed by atoms with E-state index in [0.717, 1.165) is 12.1 Å². The van der Waals surface area contributed by atoms with Crippen molar-refractivity contribution in [3.8, 4) is 0 Å². The van der Waals surface area contributed by atoms with Crippen LogP contribution in [0.5, 0.6) is 0 Å². The van der Waals surface area contributed by atoms with E-state index in [2.05, 4.69) is 0 Å². The molecule has 0 radical (unpaired) electrons. The molecule has 0 spiro atoms. The maximum atomic E-state index is 13.2. The summed E-state index contributed by atoms with van der Waals surface area (Å²) in [4.78, 5) is 10.3. The van der Waals surface area contributed by atoms with Crippen LogP contribution in [0.25, 0.3) is 0 Å². The highest BCUT2D eigenvalue weighted by Gasteiger charge is 2.41. The third-order valence-corrected chi connectivity index (χ3v) is 2.37. The van der Waals surface area contributed by atoms with Gasteiger partial charge >= 0.3 is 12.1 Å². The predicted octanol–water partition coefficient (Wildman–Crippen LogP) is 3.16. The van der Waals surface area contributed by atoms with Gasteiger partial charge in [0.1, 0.15) is 11.6 Å². The number of aliphatic carboxylic acids is 1. The van der Waals surface area contributed by atoms with Crippen LogP contribution < -0.4 is 0 Å². The van der Waals surface area contributed by atoms with Crippen molar-refractivity contribution in [2.75, 3.05) is 0 Å². The summed E-state index contributed by atoms with van der Waals surface area (Å²) in [6, 6.07) is 2.17. The van der Waals surface area contributed by atoms with E-state index in [1.54, 1.807) is 0 Å². The number of alkyl halides is 3. The first-order chi connectivity index (χ1) is 8.20. The van der Waals surface area contributed by atoms with Crippen molar-refractivity contribution < 1.29 is 31.9 Å². The van der Waals surface area contributed by atoms with Gasteiger partial charge in [0, 0.05) is 6.07 Å². The Morgan fingerprint density at radius 3 is 2.33 bits per heavy atom. The predicted molar refractivity (Wildman–Crippen MR) is 51.9 cm³/mol. The van der Waals surface area contributed by atoms with Crippen molar-refractivity contribution in [1.29, 1.82) is 0 Å². The SMILES string of the molecule is O=C(O)CC(Cc1ccc(F)cc1F)C(F)(F)F. The standard InChI is InChI=1S/C11H9F5O2/c12-8-2-1-6(9(13)5-8)3-7(4-10(17)18)11(14,15)16/h1-2,5,7H,3-4H2,(H,17,18). The molecule has 0 fully saturated rings. The number of carboxylic acid groups (broad SMARTS) is 1. The van der Waals surface area contributed by atoms with E-state index in [9.17, 15) is 26.7 Å². The van der Waals surface area contributed by atoms with Crippen LogP contribution in [-0.2, 0) is 11.2 Å². The van der Waals surface area contributed by atoms with Gasteiger partial charge in [0.2, 0.25) is 0 Å². The number of carboxylic acids is 1. The summed E-state index contributed by atoms with van der Waals surface area (Å²) in [6.45, 7) is 0. The lowest BCUT2D eigenvalue weighted by Crippen LogP contribution is -2.27. The Balaban J connectivity index is 2.92. The zero-order valence-electron chi connectivity index (χ0n) is 8.97. The summed E-state index contributed by atoms with van der Waals surface area (Å²) in [6.07, 6.45) is -6.73. The monoisotopic (exact) mass is 268 g/mol. The molecule has 0 heterocycles. The third kappa shape index (κ3) is 3.97. The summed E-state index contributed by atoms with van der Waals surface area (Å²) in [5, 5.41) is 8.38. The van der Waals surface area contributed by atoms with Gasteiger partial charge in [-0.25, -0.2) is 8.78 Å². The summed E-state index contributed by atoms with van der Waals surface area (Å²) in [5.41, 5.74) is -0.361. The molecule has 0 amide bonds. The van der Waals surface area contributed by atoms with E-state index in [0.29, 0.717) is 6.07 Å². The van der Waals surface area contributed by atoms with Crippen LogP contribution >= 0.6 is 0 Å². The molecule has 1 unspecified atom stereocenters. The second kappa shape index (κ2) is 5.32. The normalized spacial score (nSPS) is 13.4. The Hall–Kier alpha value is -1.66. The molecule has 0 aliphatic rings. The van der Waals surface area contributed by atoms with Crippen molar-refractivity contribution >= 4 is 5.97 Å². The maximum Gasteiger partial charge on any atom is 0.392 e. The lowest BCUT2D eigenvalue weighted by atomic mass is 9.95. The molecular formula is C11H9F5O2. The molecule has 1 aromatic carbocycles. The van der Waals surface area contributed by atoms with Gasteiger partial charge < -0.3 is 5.11 Å². The van der Waals surface area contributed by atoms with Gasteiger partial charge in [-0.3, -0.25) is 4.79 Å². The molecule has 1 N–H and O–H groups in total. The highest BCUT2D eigenvalue weighted by Crippen LogP contribution is 2.32. The van der Waals surface area contributed by atoms with Gasteiger partial charge in [-0.1, -0.05) is 6.07 Å². The van der Waals surface area contributed by atoms with Gasteiger partial charge in [0.05, 0.1) is 12.3 Å². The van der Waals surface area contributed by atoms with Crippen LogP contribution in [0.3, 0.4) is 0 Å². The average Bonchev–Trinajstić information content (AvgIpc) is 2.18. The van der Waals surface area contributed by atoms with Gasteiger partial charge in [0.15, 0.2) is 0 Å². The molecule has 100 valence electrons. The summed E-state index contributed by atoms with van der Waals surface area (Å²) < 4.78 is 63.3. The fraction of sp³-hybridized carbons (Fsp3) is 0.364. The zero-order valence-corrected chi connectivity index (χ0v) is 8.97. The fourth-order valence-corrected chi connectivity index (χ4v) is 1.47. The molecule has 0 aliphatic heterocycles. The molecule has 1 atom stereocenters. The number of carbonyl (C=O) groups is 1. The van der Waals surface area contributed by atoms with E-state index >= 15 is 0 Å². The van der Waals surface area contributed by atoms with Gasteiger partial charge in [-0.2, -0.15) is 13.2 Å². The average molecular weight is 268 g/mol. The van der Waals surface area contributed by atoms with E-state index in [4.69, 9.17) is 5.11 Å². The molecule has 0 saturated carbocycles. The Kier molecular flexibility index (Phi) is 4.26. The highest BCUT2D eigenvalue weighted by atomic mass is 19.4. The fourth-order valence-electron chi connectivity index (χ4n) is 1.47. The second-order valence-electron chi connectivity index (χ2n) is 3.78. The lowest BCUT2D eigenvalue weighted by molar-refractivity contribution is -0.182. The van der Waals surface area contributed by atoms with E-state index in [-0.39, 0.29) is 5.56 Å². The van der Waals surface area contributed by atoms with Crippen molar-refractivity contribution in [2.24, 2.45) is 5.92 Å². The quantitative estimate of drug-likeness (QED) is 0.852. The number of halogens is 5. The van der Waals surface area contributed by atoms with Crippen molar-refractivity contribution in [3.05, 3.63) is 35.4 Å². The molecular weight excluding hydrogens is 259 g/mol. The van der Waals surface area contributed by atoms with Crippen LogP contribution in [0.15, 0.2) is 18.2 Å². The van der Waals surface area contributed by atoms with Crippen LogP contribution in [0.1, 0.15) is 12.0 Å². The van der Waals surface area contributed by atoms with Crippen LogP contribution in [0.2, 0.25) is 0 Å². The molecule has 0 bridgehead atoms. The van der Waals surface area contributed by atoms with Crippen molar-refractivity contribution in [3.63, 3.8) is 0 Å². The van der Waals surface area contributed by atoms with Crippen LogP contribution in [-0.4, -0.2) is 17.3 Å². The topological polar surface area (TPSA) is 37.3 Å². The minimum Gasteiger partial charge on any atom is -0.481 e. The largest absolute Gasteiger partial charge is 0.481 e.